The number of hydrogen-bond acceptors (Lipinski definition) is 2. The van der Waals surface area contributed by atoms with Crippen molar-refractivity contribution in [3.8, 4) is 0 Å². The van der Waals surface area contributed by atoms with Crippen molar-refractivity contribution in [2.75, 3.05) is 0 Å². The Kier molecular flexibility index (Phi) is 7.76. The van der Waals surface area contributed by atoms with Crippen LogP contribution < -0.4 is 5.32 Å². The number of amides is 1. The van der Waals surface area contributed by atoms with E-state index in [1.54, 1.807) is 19.1 Å². The molecule has 0 heterocycles. The molecule has 96 valence electrons. The summed E-state index contributed by atoms with van der Waals surface area (Å²) in [6, 6.07) is -0.129. The number of allylic oxidation sites excluding steroid dienone is 2. The van der Waals surface area contributed by atoms with Gasteiger partial charge in [-0.2, -0.15) is 0 Å². The molecule has 0 rings (SSSR count). The average Bonchev–Trinajstić information content (AvgIpc) is 2.26. The van der Waals surface area contributed by atoms with E-state index in [-0.39, 0.29) is 24.3 Å². The molecule has 0 aliphatic rings. The first-order chi connectivity index (χ1) is 8.01. The van der Waals surface area contributed by atoms with Crippen LogP contribution in [0.2, 0.25) is 0 Å². The van der Waals surface area contributed by atoms with Crippen LogP contribution in [0.25, 0.3) is 0 Å². The van der Waals surface area contributed by atoms with Gasteiger partial charge < -0.3 is 10.4 Å². The third kappa shape index (κ3) is 7.33. The average molecular weight is 239 g/mol. The minimum atomic E-state index is -0.847. The fourth-order valence-corrected chi connectivity index (χ4v) is 1.49. The summed E-state index contributed by atoms with van der Waals surface area (Å²) in [6.07, 6.45) is 5.11. The van der Waals surface area contributed by atoms with E-state index in [4.69, 9.17) is 5.11 Å². The van der Waals surface area contributed by atoms with E-state index < -0.39 is 5.97 Å². The molecule has 0 bridgehead atoms. The van der Waals surface area contributed by atoms with Gasteiger partial charge in [-0.15, -0.1) is 13.2 Å². The van der Waals surface area contributed by atoms with Gasteiger partial charge in [0.25, 0.3) is 0 Å². The maximum absolute atomic E-state index is 11.8. The van der Waals surface area contributed by atoms with Gasteiger partial charge in [-0.1, -0.05) is 12.2 Å². The Bertz CT molecular complexity index is 276. The Morgan fingerprint density at radius 1 is 1.29 bits per heavy atom. The molecule has 0 aromatic heterocycles. The third-order valence-corrected chi connectivity index (χ3v) is 2.45. The molecule has 0 aromatic rings. The maximum Gasteiger partial charge on any atom is 0.303 e. The molecule has 0 aliphatic heterocycles. The van der Waals surface area contributed by atoms with E-state index >= 15 is 0 Å². The molecule has 4 nitrogen and oxygen atoms in total. The van der Waals surface area contributed by atoms with E-state index in [1.165, 1.54) is 0 Å². The fraction of sp³-hybridized carbons (Fsp3) is 0.538. The standard InChI is InChI=1S/C13H21NO3/c1-4-6-11(7-5-2)13(17)14-10(3)8-9-12(15)16/h4-5,10-11H,1-2,6-9H2,3H3,(H,14,17)(H,15,16). The summed E-state index contributed by atoms with van der Waals surface area (Å²) in [4.78, 5) is 22.2. The van der Waals surface area contributed by atoms with Crippen molar-refractivity contribution in [2.45, 2.75) is 38.6 Å². The lowest BCUT2D eigenvalue weighted by Crippen LogP contribution is -2.37. The molecule has 1 unspecified atom stereocenters. The second kappa shape index (κ2) is 8.56. The van der Waals surface area contributed by atoms with Gasteiger partial charge in [0.2, 0.25) is 5.91 Å². The zero-order chi connectivity index (χ0) is 13.3. The fourth-order valence-electron chi connectivity index (χ4n) is 1.49. The molecule has 1 atom stereocenters. The molecule has 0 spiro atoms. The predicted molar refractivity (Wildman–Crippen MR) is 67.6 cm³/mol. The molecule has 4 heteroatoms. The molecule has 2 N–H and O–H groups in total. The SMILES string of the molecule is C=CCC(CC=C)C(=O)NC(C)CCC(=O)O. The van der Waals surface area contributed by atoms with Crippen molar-refractivity contribution < 1.29 is 14.7 Å². The van der Waals surface area contributed by atoms with Crippen molar-refractivity contribution in [3.63, 3.8) is 0 Å². The number of carboxylic acid groups (broad SMARTS) is 1. The Morgan fingerprint density at radius 3 is 2.24 bits per heavy atom. The minimum Gasteiger partial charge on any atom is -0.481 e. The topological polar surface area (TPSA) is 66.4 Å². The lowest BCUT2D eigenvalue weighted by molar-refractivity contribution is -0.137. The second-order valence-corrected chi connectivity index (χ2v) is 4.09. The Labute approximate surface area is 102 Å². The van der Waals surface area contributed by atoms with Crippen molar-refractivity contribution in [3.05, 3.63) is 25.3 Å². The molecule has 0 aliphatic carbocycles. The number of carbonyl (C=O) groups excluding carboxylic acids is 1. The summed E-state index contributed by atoms with van der Waals surface area (Å²) < 4.78 is 0. The van der Waals surface area contributed by atoms with Gasteiger partial charge in [0.15, 0.2) is 0 Å². The Balaban J connectivity index is 4.14. The molecule has 17 heavy (non-hydrogen) atoms. The van der Waals surface area contributed by atoms with Gasteiger partial charge in [0.1, 0.15) is 0 Å². The molecular weight excluding hydrogens is 218 g/mol. The highest BCUT2D eigenvalue weighted by Gasteiger charge is 2.17. The summed E-state index contributed by atoms with van der Waals surface area (Å²) in [5.41, 5.74) is 0. The number of aliphatic carboxylic acids is 1. The summed E-state index contributed by atoms with van der Waals surface area (Å²) in [7, 11) is 0. The Morgan fingerprint density at radius 2 is 1.82 bits per heavy atom. The summed E-state index contributed by atoms with van der Waals surface area (Å²) in [5.74, 6) is -1.07. The summed E-state index contributed by atoms with van der Waals surface area (Å²) in [6.45, 7) is 9.03. The van der Waals surface area contributed by atoms with Crippen LogP contribution in [-0.2, 0) is 9.59 Å². The third-order valence-electron chi connectivity index (χ3n) is 2.45. The zero-order valence-corrected chi connectivity index (χ0v) is 10.3. The van der Waals surface area contributed by atoms with Gasteiger partial charge >= 0.3 is 5.97 Å². The molecule has 0 saturated carbocycles. The molecule has 0 saturated heterocycles. The molecule has 1 amide bonds. The lowest BCUT2D eigenvalue weighted by atomic mass is 10.00. The van der Waals surface area contributed by atoms with Crippen LogP contribution in [0.5, 0.6) is 0 Å². The van der Waals surface area contributed by atoms with E-state index in [1.807, 2.05) is 0 Å². The summed E-state index contributed by atoms with van der Waals surface area (Å²) >= 11 is 0. The number of hydrogen-bond donors (Lipinski definition) is 2. The van der Waals surface area contributed by atoms with Crippen molar-refractivity contribution >= 4 is 11.9 Å². The highest BCUT2D eigenvalue weighted by molar-refractivity contribution is 5.79. The van der Waals surface area contributed by atoms with Gasteiger partial charge in [-0.05, 0) is 26.2 Å². The number of nitrogens with one attached hydrogen (secondary N) is 1. The molecular formula is C13H21NO3. The number of carboxylic acids is 1. The molecule has 0 radical (unpaired) electrons. The van der Waals surface area contributed by atoms with Crippen LogP contribution in [0.1, 0.15) is 32.6 Å². The first-order valence-electron chi connectivity index (χ1n) is 5.75. The first-order valence-corrected chi connectivity index (χ1v) is 5.75. The highest BCUT2D eigenvalue weighted by Crippen LogP contribution is 2.11. The molecule has 0 aromatic carbocycles. The minimum absolute atomic E-state index is 0.0645. The van der Waals surface area contributed by atoms with Crippen molar-refractivity contribution in [1.82, 2.24) is 5.32 Å². The number of rotatable bonds is 9. The van der Waals surface area contributed by atoms with Gasteiger partial charge in [0, 0.05) is 18.4 Å². The molecule has 0 fully saturated rings. The quantitative estimate of drug-likeness (QED) is 0.606. The van der Waals surface area contributed by atoms with Crippen LogP contribution in [0.4, 0.5) is 0 Å². The normalized spacial score (nSPS) is 11.9. The van der Waals surface area contributed by atoms with Crippen LogP contribution >= 0.6 is 0 Å². The Hall–Kier alpha value is -1.58. The van der Waals surface area contributed by atoms with Crippen molar-refractivity contribution in [1.29, 1.82) is 0 Å². The van der Waals surface area contributed by atoms with E-state index in [9.17, 15) is 9.59 Å². The highest BCUT2D eigenvalue weighted by atomic mass is 16.4. The number of carbonyl (C=O) groups is 2. The van der Waals surface area contributed by atoms with Crippen LogP contribution in [0.3, 0.4) is 0 Å². The monoisotopic (exact) mass is 239 g/mol. The smallest absolute Gasteiger partial charge is 0.303 e. The van der Waals surface area contributed by atoms with E-state index in [0.717, 1.165) is 0 Å². The van der Waals surface area contributed by atoms with Crippen LogP contribution in [0, 0.1) is 5.92 Å². The van der Waals surface area contributed by atoms with Gasteiger partial charge in [-0.3, -0.25) is 9.59 Å². The van der Waals surface area contributed by atoms with Crippen LogP contribution in [0.15, 0.2) is 25.3 Å². The largest absolute Gasteiger partial charge is 0.481 e. The van der Waals surface area contributed by atoms with E-state index in [0.29, 0.717) is 19.3 Å². The van der Waals surface area contributed by atoms with Crippen LogP contribution in [-0.4, -0.2) is 23.0 Å². The van der Waals surface area contributed by atoms with Crippen molar-refractivity contribution in [2.24, 2.45) is 5.92 Å². The lowest BCUT2D eigenvalue weighted by Gasteiger charge is -2.17. The maximum atomic E-state index is 11.8. The summed E-state index contributed by atoms with van der Waals surface area (Å²) in [5, 5.41) is 11.3. The predicted octanol–water partition coefficient (Wildman–Crippen LogP) is 2.12. The van der Waals surface area contributed by atoms with Gasteiger partial charge in [-0.25, -0.2) is 0 Å². The van der Waals surface area contributed by atoms with Gasteiger partial charge in [0.05, 0.1) is 0 Å². The first kappa shape index (κ1) is 15.4. The second-order valence-electron chi connectivity index (χ2n) is 4.09. The van der Waals surface area contributed by atoms with E-state index in [2.05, 4.69) is 18.5 Å². The zero-order valence-electron chi connectivity index (χ0n) is 10.3.